The number of hydrogen-bond acceptors (Lipinski definition) is 31. The number of ether oxygens (including phenoxy) is 4. The molecular weight excluding hydrogens is 1940 g/mol. The molecule has 0 spiro atoms. The van der Waals surface area contributed by atoms with E-state index in [4.69, 9.17) is 106 Å². The van der Waals surface area contributed by atoms with Crippen molar-refractivity contribution in [1.29, 1.82) is 0 Å². The number of anilines is 3. The zero-order valence-electron chi connectivity index (χ0n) is 86.1. The highest BCUT2D eigenvalue weighted by molar-refractivity contribution is 6.31. The van der Waals surface area contributed by atoms with Crippen LogP contribution in [0.15, 0.2) is 199 Å². The Morgan fingerprint density at radius 2 is 0.815 bits per heavy atom. The maximum absolute atomic E-state index is 6.39. The zero-order chi connectivity index (χ0) is 102. The van der Waals surface area contributed by atoms with E-state index in [1.54, 1.807) is 7.11 Å². The van der Waals surface area contributed by atoms with Gasteiger partial charge in [0, 0.05) is 217 Å². The summed E-state index contributed by atoms with van der Waals surface area (Å²) in [4.78, 5) is 34.2. The van der Waals surface area contributed by atoms with E-state index < -0.39 is 0 Å². The molecule has 146 heavy (non-hydrogen) atoms. The minimum Gasteiger partial charge on any atom is -0.385 e. The number of nitrogens with zero attached hydrogens (tertiary/aromatic N) is 22. The van der Waals surface area contributed by atoms with Crippen LogP contribution in [-0.4, -0.2) is 347 Å². The second-order valence-electron chi connectivity index (χ2n) is 42.4. The number of benzene rings is 6. The number of halogens is 5. The molecule has 1 aromatic heterocycles. The van der Waals surface area contributed by atoms with Gasteiger partial charge < -0.3 is 81.9 Å². The molecule has 786 valence electrons. The summed E-state index contributed by atoms with van der Waals surface area (Å²) in [7, 11) is 6.26. The quantitative estimate of drug-likeness (QED) is 0.0461. The highest BCUT2D eigenvalue weighted by Crippen LogP contribution is 2.39. The Hall–Kier alpha value is -9.59. The summed E-state index contributed by atoms with van der Waals surface area (Å²) in [5, 5.41) is 43.9. The van der Waals surface area contributed by atoms with Gasteiger partial charge in [-0.2, -0.15) is 4.98 Å². The highest BCUT2D eigenvalue weighted by atomic mass is 35.5. The molecule has 6 aromatic carbocycles. The van der Waals surface area contributed by atoms with Crippen molar-refractivity contribution in [2.75, 3.05) is 168 Å². The lowest BCUT2D eigenvalue weighted by Crippen LogP contribution is -2.64. The Morgan fingerprint density at radius 3 is 1.25 bits per heavy atom. The van der Waals surface area contributed by atoms with Crippen molar-refractivity contribution in [3.63, 3.8) is 0 Å². The summed E-state index contributed by atoms with van der Waals surface area (Å²) < 4.78 is 24.3. The van der Waals surface area contributed by atoms with Gasteiger partial charge in [0.25, 0.3) is 0 Å². The first-order valence-electron chi connectivity index (χ1n) is 52.6. The number of para-hydroxylation sites is 1. The summed E-state index contributed by atoms with van der Waals surface area (Å²) in [6.07, 6.45) is 19.5. The predicted molar refractivity (Wildman–Crippen MR) is 594 cm³/mol. The van der Waals surface area contributed by atoms with Crippen molar-refractivity contribution in [1.82, 2.24) is 64.2 Å². The number of fused-ring (bicyclic) bond motifs is 1. The third kappa shape index (κ3) is 29.0. The summed E-state index contributed by atoms with van der Waals surface area (Å²) in [5.41, 5.74) is 39.2. The standard InChI is InChI=1S/C25H31ClN6.C22H32ClN5O.C21H31ClN6.C21H28ClN5O.C20H29ClN6O2/c1-30-17-22(14-18-6-8-20(26)9-7-18)32(16-19-4-2-3-5-23(19)30)21-10-12-31(13-11-21)25-15-24(27)28-29-25;1-15-14-28(18-8-10-27(11-9-18)21-13-20(24)25-26-21)19(22(2,3)29-15)12-16-4-6-17(23)7-5-16;1-26-9-2-10-28(19(15-26)13-16-3-5-17(22)6-4-16)18-7-11-27(12-8-18)21-14-20(23)24-25-21;1-15-12-27(18-6-8-26(9-7-18)21-11-20(23)24-25-21)19(14-28-13-15)10-16-2-4-17(22)5-3-16;1-13-10-27(16(12-29-13)9-14-3-5-15(21)6-4-14)17-7-8-26(11-18(17)28-2)20-23-19(22)24-25-20/h2-9,21-22H,10-17H2,1H3,(H2,27,28);4-7,15,18-19H,8-14H2,1-3H3,(H2,24,25);3-6,18-19H,2,7-15H2,1H3,(H2,23,24);2-5,18-19H,1,6-14H2,(H2,23,24);3-6,13,16-18H,7-12H2,1-2H3,(H3,22,23,24,25)/t;15-,19?;;19-;13-,16?,17?,18-/m.0.00/s1. The van der Waals surface area contributed by atoms with Crippen LogP contribution in [0.2, 0.25) is 25.1 Å². The van der Waals surface area contributed by atoms with Crippen LogP contribution in [0, 0.1) is 0 Å². The van der Waals surface area contributed by atoms with Crippen LogP contribution in [-0.2, 0) is 57.6 Å². The minimum atomic E-state index is -0.202. The van der Waals surface area contributed by atoms with Crippen molar-refractivity contribution in [3.05, 3.63) is 216 Å². The van der Waals surface area contributed by atoms with E-state index in [0.29, 0.717) is 128 Å². The molecule has 9 atom stereocenters. The fraction of sp³-hybridized carbons (Fsp3) is 0.560. The zero-order valence-corrected chi connectivity index (χ0v) is 89.9. The van der Waals surface area contributed by atoms with E-state index in [1.807, 2.05) is 60.7 Å². The SMILES string of the molecule is C=C1COC[C@H](Cc2ccc(Cl)cc2)N(C2CCN(C3=NN=C(N)C3)CC2)C1.CN1CC(Cc2ccc(Cl)cc2)N(C2CCN(C3=NN=C(N)C3)CC2)Cc2ccccc21.CN1CCCN(C2CCN(C3=NN=C(N)C3)CC2)C(Cc2ccc(Cl)cc2)C1.CO[C@H]1CN(c2n[nH]c(N)n2)CCC1N1C[C@H](C)OCC1Cc1ccc(Cl)cc1.C[C@H]1CN(C2CCN(C3=NN=C(N)C3)CC2)C(Cc2ccc(Cl)cc2)C(C)(C)O1. The molecule has 14 aliphatic rings. The van der Waals surface area contributed by atoms with Crippen LogP contribution in [0.1, 0.15) is 151 Å². The van der Waals surface area contributed by atoms with Gasteiger partial charge in [-0.15, -0.1) is 45.9 Å². The van der Waals surface area contributed by atoms with Crippen molar-refractivity contribution in [2.45, 2.75) is 241 Å². The van der Waals surface area contributed by atoms with Crippen molar-refractivity contribution < 1.29 is 18.9 Å². The van der Waals surface area contributed by atoms with Gasteiger partial charge in [0.2, 0.25) is 11.9 Å². The van der Waals surface area contributed by atoms with Crippen LogP contribution in [0.25, 0.3) is 0 Å². The lowest BCUT2D eigenvalue weighted by molar-refractivity contribution is -0.176. The molecule has 9 saturated heterocycles. The van der Waals surface area contributed by atoms with E-state index >= 15 is 0 Å². The summed E-state index contributed by atoms with van der Waals surface area (Å²) in [6, 6.07) is 54.6. The second kappa shape index (κ2) is 50.8. The van der Waals surface area contributed by atoms with Crippen LogP contribution in [0.4, 0.5) is 17.6 Å². The predicted octanol–water partition coefficient (Wildman–Crippen LogP) is 14.1. The fourth-order valence-electron chi connectivity index (χ4n) is 24.0. The highest BCUT2D eigenvalue weighted by Gasteiger charge is 2.47. The number of aromatic nitrogens is 3. The molecule has 0 amide bonds. The summed E-state index contributed by atoms with van der Waals surface area (Å²) in [6.45, 7) is 33.1. The Kier molecular flexibility index (Phi) is 37.5. The van der Waals surface area contributed by atoms with Crippen LogP contribution >= 0.6 is 58.0 Å². The third-order valence-electron chi connectivity index (χ3n) is 31.5. The van der Waals surface area contributed by atoms with Gasteiger partial charge in [0.15, 0.2) is 0 Å². The van der Waals surface area contributed by atoms with Gasteiger partial charge >= 0.3 is 0 Å². The van der Waals surface area contributed by atoms with E-state index in [0.717, 1.165) is 249 Å². The Morgan fingerprint density at radius 1 is 0.418 bits per heavy atom. The summed E-state index contributed by atoms with van der Waals surface area (Å²) in [5.74, 6) is 7.57. The maximum atomic E-state index is 6.39. The number of likely N-dealkylation sites (N-methyl/N-ethyl adjacent to an activating group) is 2. The van der Waals surface area contributed by atoms with Gasteiger partial charge in [0.1, 0.15) is 46.7 Å². The number of nitrogens with one attached hydrogen (secondary N) is 1. The lowest BCUT2D eigenvalue weighted by Gasteiger charge is -2.53. The molecule has 21 rings (SSSR count). The molecule has 15 heterocycles. The van der Waals surface area contributed by atoms with Gasteiger partial charge in [-0.3, -0.25) is 24.5 Å². The maximum Gasteiger partial charge on any atom is 0.246 e. The second-order valence-corrected chi connectivity index (χ2v) is 44.6. The van der Waals surface area contributed by atoms with E-state index in [9.17, 15) is 0 Å². The average Bonchev–Trinajstić information content (AvgIpc) is 0.874. The minimum absolute atomic E-state index is 0.0569. The average molecular weight is 2090 g/mol. The van der Waals surface area contributed by atoms with E-state index in [2.05, 4.69) is 248 Å². The molecule has 14 aliphatic heterocycles. The van der Waals surface area contributed by atoms with Crippen LogP contribution < -0.4 is 38.5 Å². The molecule has 0 saturated carbocycles. The number of hydrogen-bond donors (Lipinski definition) is 6. The number of nitrogens with two attached hydrogens (primary N) is 5. The van der Waals surface area contributed by atoms with Crippen LogP contribution in [0.5, 0.6) is 0 Å². The number of aromatic amines is 1. The molecule has 5 unspecified atom stereocenters. The van der Waals surface area contributed by atoms with Crippen molar-refractivity contribution >= 4 is 122 Å². The molecule has 7 aromatic rings. The Labute approximate surface area is 887 Å². The molecule has 37 heteroatoms. The first-order valence-corrected chi connectivity index (χ1v) is 54.5. The van der Waals surface area contributed by atoms with Gasteiger partial charge in [-0.1, -0.05) is 143 Å². The van der Waals surface area contributed by atoms with Crippen LogP contribution in [0.3, 0.4) is 0 Å². The molecular formula is C109H151Cl5N28O4. The van der Waals surface area contributed by atoms with E-state index in [-0.39, 0.29) is 23.9 Å². The molecule has 0 aliphatic carbocycles. The number of likely N-dealkylation sites (tertiary alicyclic amines) is 4. The lowest BCUT2D eigenvalue weighted by atomic mass is 9.86. The van der Waals surface area contributed by atoms with Crippen molar-refractivity contribution in [2.24, 2.45) is 63.7 Å². The molecule has 32 nitrogen and oxygen atoms in total. The molecule has 11 N–H and O–H groups in total. The molecule has 9 fully saturated rings. The number of methoxy groups -OCH3 is 1. The first-order chi connectivity index (χ1) is 70.6. The van der Waals surface area contributed by atoms with Gasteiger partial charge in [0.05, 0.1) is 69.4 Å². The normalized spacial score (nSPS) is 25.9. The van der Waals surface area contributed by atoms with E-state index in [1.165, 1.54) is 71.4 Å². The molecule has 0 radical (unpaired) electrons. The largest absolute Gasteiger partial charge is 0.385 e. The number of piperidine rings is 5. The fourth-order valence-corrected chi connectivity index (χ4v) is 24.6. The van der Waals surface area contributed by atoms with Crippen molar-refractivity contribution in [3.8, 4) is 0 Å². The van der Waals surface area contributed by atoms with Gasteiger partial charge in [-0.05, 0) is 243 Å². The van der Waals surface area contributed by atoms with Gasteiger partial charge in [-0.25, -0.2) is 5.10 Å². The number of morpholine rings is 2. The Balaban J connectivity index is 0.000000125. The summed E-state index contributed by atoms with van der Waals surface area (Å²) >= 11 is 30.4. The number of H-pyrrole nitrogens is 1. The third-order valence-corrected chi connectivity index (χ3v) is 32.7. The Bertz CT molecular complexity index is 5680. The molecule has 0 bridgehead atoms. The number of rotatable bonds is 17. The first kappa shape index (κ1) is 108. The number of amidine groups is 8. The monoisotopic (exact) mass is 2090 g/mol. The topological polar surface area (TPSA) is 346 Å². The number of nitrogen functional groups attached to an aromatic ring is 1. The smallest absolute Gasteiger partial charge is 0.246 e.